The van der Waals surface area contributed by atoms with Crippen LogP contribution in [0.25, 0.3) is 0 Å². The molecule has 7 heteroatoms. The largest absolute Gasteiger partial charge is 0.378 e. The van der Waals surface area contributed by atoms with Crippen molar-refractivity contribution in [2.45, 2.75) is 13.0 Å². The number of ether oxygens (including phenoxy) is 1. The molecule has 1 aliphatic heterocycles. The molecule has 1 aliphatic rings. The molecule has 2 aromatic rings. The lowest BCUT2D eigenvalue weighted by molar-refractivity contribution is -0.126. The van der Waals surface area contributed by atoms with Gasteiger partial charge in [0.1, 0.15) is 0 Å². The number of hydrogen-bond donors (Lipinski definition) is 1. The molecule has 27 heavy (non-hydrogen) atoms. The second kappa shape index (κ2) is 9.05. The van der Waals surface area contributed by atoms with E-state index in [9.17, 15) is 9.59 Å². The van der Waals surface area contributed by atoms with Gasteiger partial charge < -0.3 is 15.0 Å². The summed E-state index contributed by atoms with van der Waals surface area (Å²) < 4.78 is 5.35. The molecule has 1 heterocycles. The highest BCUT2D eigenvalue weighted by molar-refractivity contribution is 6.10. The minimum Gasteiger partial charge on any atom is -0.378 e. The average Bonchev–Trinajstić information content (AvgIpc) is 2.70. The lowest BCUT2D eigenvalue weighted by atomic mass is 10.2. The average molecular weight is 366 g/mol. The Morgan fingerprint density at radius 3 is 2.33 bits per heavy atom. The monoisotopic (exact) mass is 366 g/mol. The first-order valence-electron chi connectivity index (χ1n) is 8.83. The fraction of sp³-hybridized carbons (Fsp3) is 0.300. The highest BCUT2D eigenvalue weighted by atomic mass is 16.5. The second-order valence-electron chi connectivity index (χ2n) is 6.20. The van der Waals surface area contributed by atoms with E-state index in [0.717, 1.165) is 32.0 Å². The molecule has 1 amide bonds. The normalized spacial score (nSPS) is 15.5. The fourth-order valence-corrected chi connectivity index (χ4v) is 2.73. The summed E-state index contributed by atoms with van der Waals surface area (Å²) in [7, 11) is 0. The Bertz CT molecular complexity index is 800. The van der Waals surface area contributed by atoms with E-state index in [0.29, 0.717) is 11.4 Å². The Balaban J connectivity index is 1.66. The zero-order valence-corrected chi connectivity index (χ0v) is 15.2. The minimum atomic E-state index is -1.18. The van der Waals surface area contributed by atoms with Crippen LogP contribution in [0.4, 0.5) is 17.1 Å². The van der Waals surface area contributed by atoms with Gasteiger partial charge in [-0.2, -0.15) is 10.2 Å². The summed E-state index contributed by atoms with van der Waals surface area (Å²) in [5.74, 6) is -0.862. The van der Waals surface area contributed by atoms with Gasteiger partial charge in [0, 0.05) is 24.5 Å². The SMILES string of the molecule is CC(=O)[C@@H](N=Nc1ccc(N2CCOCC2)cc1)C(=O)Nc1ccccc1. The molecule has 3 rings (SSSR count). The van der Waals surface area contributed by atoms with Crippen molar-refractivity contribution in [1.82, 2.24) is 0 Å². The highest BCUT2D eigenvalue weighted by Gasteiger charge is 2.23. The molecule has 0 saturated carbocycles. The van der Waals surface area contributed by atoms with Gasteiger partial charge in [-0.3, -0.25) is 9.59 Å². The molecule has 1 fully saturated rings. The van der Waals surface area contributed by atoms with E-state index in [2.05, 4.69) is 20.4 Å². The number of morpholine rings is 1. The topological polar surface area (TPSA) is 83.4 Å². The van der Waals surface area contributed by atoms with Gasteiger partial charge in [0.2, 0.25) is 6.04 Å². The van der Waals surface area contributed by atoms with Crippen molar-refractivity contribution in [3.05, 3.63) is 54.6 Å². The quantitative estimate of drug-likeness (QED) is 0.629. The van der Waals surface area contributed by atoms with E-state index >= 15 is 0 Å². The van der Waals surface area contributed by atoms with Crippen LogP contribution in [0.5, 0.6) is 0 Å². The van der Waals surface area contributed by atoms with Crippen LogP contribution in [0.3, 0.4) is 0 Å². The second-order valence-corrected chi connectivity index (χ2v) is 6.20. The number of rotatable bonds is 6. The first kappa shape index (κ1) is 18.7. The predicted molar refractivity (Wildman–Crippen MR) is 104 cm³/mol. The summed E-state index contributed by atoms with van der Waals surface area (Å²) in [4.78, 5) is 26.4. The number of benzene rings is 2. The van der Waals surface area contributed by atoms with Crippen molar-refractivity contribution >= 4 is 28.8 Å². The van der Waals surface area contributed by atoms with Gasteiger partial charge in [-0.05, 0) is 43.3 Å². The standard InChI is InChI=1S/C20H22N4O3/c1-15(25)19(20(26)21-16-5-3-2-4-6-16)23-22-17-7-9-18(10-8-17)24-11-13-27-14-12-24/h2-10,19H,11-14H2,1H3,(H,21,26)/t19-/m1/s1. The van der Waals surface area contributed by atoms with E-state index in [1.165, 1.54) is 6.92 Å². The maximum atomic E-state index is 12.3. The van der Waals surface area contributed by atoms with Gasteiger partial charge in [-0.25, -0.2) is 0 Å². The van der Waals surface area contributed by atoms with Crippen molar-refractivity contribution in [3.63, 3.8) is 0 Å². The van der Waals surface area contributed by atoms with Gasteiger partial charge >= 0.3 is 0 Å². The molecule has 140 valence electrons. The van der Waals surface area contributed by atoms with Crippen molar-refractivity contribution in [2.75, 3.05) is 36.5 Å². The summed E-state index contributed by atoms with van der Waals surface area (Å²) in [6.45, 7) is 4.48. The molecule has 0 aliphatic carbocycles. The van der Waals surface area contributed by atoms with Crippen LogP contribution in [0.1, 0.15) is 6.92 Å². The molecule has 1 atom stereocenters. The van der Waals surface area contributed by atoms with Crippen LogP contribution in [0.15, 0.2) is 64.8 Å². The zero-order valence-electron chi connectivity index (χ0n) is 15.2. The zero-order chi connectivity index (χ0) is 19.1. The summed E-state index contributed by atoms with van der Waals surface area (Å²) in [6, 6.07) is 15.3. The highest BCUT2D eigenvalue weighted by Crippen LogP contribution is 2.21. The van der Waals surface area contributed by atoms with Crippen LogP contribution in [0.2, 0.25) is 0 Å². The van der Waals surface area contributed by atoms with Gasteiger partial charge in [-0.1, -0.05) is 18.2 Å². The molecule has 0 unspecified atom stereocenters. The van der Waals surface area contributed by atoms with Crippen LogP contribution in [-0.4, -0.2) is 44.0 Å². The number of para-hydroxylation sites is 1. The molecule has 0 bridgehead atoms. The van der Waals surface area contributed by atoms with Crippen molar-refractivity contribution < 1.29 is 14.3 Å². The maximum absolute atomic E-state index is 12.3. The van der Waals surface area contributed by atoms with Crippen molar-refractivity contribution in [1.29, 1.82) is 0 Å². The van der Waals surface area contributed by atoms with Gasteiger partial charge in [0.05, 0.1) is 18.9 Å². The summed E-state index contributed by atoms with van der Waals surface area (Å²) in [5.41, 5.74) is 2.28. The Kier molecular flexibility index (Phi) is 6.27. The molecule has 7 nitrogen and oxygen atoms in total. The molecular formula is C20H22N4O3. The number of nitrogens with zero attached hydrogens (tertiary/aromatic N) is 3. The lowest BCUT2D eigenvalue weighted by Crippen LogP contribution is -2.36. The number of carbonyl (C=O) groups excluding carboxylic acids is 2. The summed E-state index contributed by atoms with van der Waals surface area (Å²) >= 11 is 0. The van der Waals surface area contributed by atoms with Crippen molar-refractivity contribution in [3.8, 4) is 0 Å². The van der Waals surface area contributed by atoms with Crippen molar-refractivity contribution in [2.24, 2.45) is 10.2 Å². The number of Topliss-reactive ketones (excluding diaryl/α,β-unsaturated/α-hetero) is 1. The number of carbonyl (C=O) groups is 2. The number of anilines is 2. The molecular weight excluding hydrogens is 344 g/mol. The Morgan fingerprint density at radius 1 is 1.04 bits per heavy atom. The van der Waals surface area contributed by atoms with E-state index < -0.39 is 11.9 Å². The number of nitrogens with one attached hydrogen (secondary N) is 1. The predicted octanol–water partition coefficient (Wildman–Crippen LogP) is 3.20. The van der Waals surface area contributed by atoms with Gasteiger partial charge in [0.15, 0.2) is 5.78 Å². The molecule has 1 saturated heterocycles. The molecule has 1 N–H and O–H groups in total. The molecule has 2 aromatic carbocycles. The smallest absolute Gasteiger partial charge is 0.258 e. The van der Waals surface area contributed by atoms with E-state index in [1.54, 1.807) is 24.3 Å². The Hall–Kier alpha value is -3.06. The minimum absolute atomic E-state index is 0.364. The van der Waals surface area contributed by atoms with E-state index in [4.69, 9.17) is 4.74 Å². The fourth-order valence-electron chi connectivity index (χ4n) is 2.73. The number of ketones is 1. The van der Waals surface area contributed by atoms with Crippen LogP contribution in [-0.2, 0) is 14.3 Å². The Labute approximate surface area is 158 Å². The molecule has 0 spiro atoms. The maximum Gasteiger partial charge on any atom is 0.258 e. The third-order valence-electron chi connectivity index (χ3n) is 4.19. The third-order valence-corrected chi connectivity index (χ3v) is 4.19. The first-order valence-corrected chi connectivity index (χ1v) is 8.83. The Morgan fingerprint density at radius 2 is 1.70 bits per heavy atom. The first-order chi connectivity index (χ1) is 13.1. The molecule has 0 aromatic heterocycles. The van der Waals surface area contributed by atoms with Crippen LogP contribution < -0.4 is 10.2 Å². The third kappa shape index (κ3) is 5.21. The number of hydrogen-bond acceptors (Lipinski definition) is 6. The van der Waals surface area contributed by atoms with Gasteiger partial charge in [-0.15, -0.1) is 0 Å². The number of azo groups is 1. The summed E-state index contributed by atoms with van der Waals surface area (Å²) in [5, 5.41) is 10.7. The summed E-state index contributed by atoms with van der Waals surface area (Å²) in [6.07, 6.45) is 0. The van der Waals surface area contributed by atoms with E-state index in [-0.39, 0.29) is 5.78 Å². The van der Waals surface area contributed by atoms with Crippen LogP contribution in [0, 0.1) is 0 Å². The van der Waals surface area contributed by atoms with Gasteiger partial charge in [0.25, 0.3) is 5.91 Å². The lowest BCUT2D eigenvalue weighted by Gasteiger charge is -2.28. The number of amides is 1. The van der Waals surface area contributed by atoms with E-state index in [1.807, 2.05) is 30.3 Å². The molecule has 0 radical (unpaired) electrons. The van der Waals surface area contributed by atoms with Crippen LogP contribution >= 0.6 is 0 Å².